The molecule has 0 aromatic heterocycles. The van der Waals surface area contributed by atoms with Crippen LogP contribution in [0.25, 0.3) is 0 Å². The average molecular weight is 248 g/mol. The van der Waals surface area contributed by atoms with Crippen LogP contribution in [0.15, 0.2) is 37.4 Å². The fraction of sp³-hybridized carbons (Fsp3) is 0.333. The van der Waals surface area contributed by atoms with Gasteiger partial charge in [0.2, 0.25) is 0 Å². The summed E-state index contributed by atoms with van der Waals surface area (Å²) in [5, 5.41) is 9.99. The van der Waals surface area contributed by atoms with E-state index in [1.54, 1.807) is 26.4 Å². The maximum atomic E-state index is 9.99. The first-order valence-corrected chi connectivity index (χ1v) is 5.78. The molecule has 1 aromatic carbocycles. The Hall–Kier alpha value is -1.74. The third kappa shape index (κ3) is 2.57. The predicted molar refractivity (Wildman–Crippen MR) is 73.3 cm³/mol. The Balaban J connectivity index is 3.53. The second-order valence-electron chi connectivity index (χ2n) is 4.01. The molecule has 0 fully saturated rings. The maximum Gasteiger partial charge on any atom is 0.164 e. The zero-order valence-electron chi connectivity index (χ0n) is 11.1. The van der Waals surface area contributed by atoms with Gasteiger partial charge in [-0.3, -0.25) is 0 Å². The van der Waals surface area contributed by atoms with Crippen molar-refractivity contribution in [2.75, 3.05) is 14.2 Å². The summed E-state index contributed by atoms with van der Waals surface area (Å²) in [6.45, 7) is 9.39. The highest BCUT2D eigenvalue weighted by Crippen LogP contribution is 2.40. The van der Waals surface area contributed by atoms with Crippen LogP contribution in [-0.4, -0.2) is 19.3 Å². The van der Waals surface area contributed by atoms with Gasteiger partial charge in [-0.2, -0.15) is 0 Å². The highest BCUT2D eigenvalue weighted by atomic mass is 16.5. The molecular weight excluding hydrogens is 228 g/mol. The van der Waals surface area contributed by atoms with Gasteiger partial charge < -0.3 is 14.6 Å². The van der Waals surface area contributed by atoms with Gasteiger partial charge in [0.05, 0.1) is 20.3 Å². The van der Waals surface area contributed by atoms with Crippen molar-refractivity contribution in [2.24, 2.45) is 0 Å². The molecule has 0 radical (unpaired) electrons. The van der Waals surface area contributed by atoms with Gasteiger partial charge in [-0.05, 0) is 11.6 Å². The van der Waals surface area contributed by atoms with Crippen molar-refractivity contribution in [3.05, 3.63) is 48.6 Å². The lowest BCUT2D eigenvalue weighted by Crippen LogP contribution is -2.06. The third-order valence-corrected chi connectivity index (χ3v) is 2.97. The lowest BCUT2D eigenvalue weighted by molar-refractivity contribution is 0.226. The van der Waals surface area contributed by atoms with Crippen molar-refractivity contribution in [3.8, 4) is 11.5 Å². The van der Waals surface area contributed by atoms with Crippen molar-refractivity contribution in [2.45, 2.75) is 18.9 Å². The number of rotatable bonds is 6. The number of hydrogen-bond acceptors (Lipinski definition) is 3. The minimum atomic E-state index is -0.734. The normalized spacial score (nSPS) is 13.6. The van der Waals surface area contributed by atoms with E-state index in [0.717, 1.165) is 11.1 Å². The molecule has 1 rings (SSSR count). The SMILES string of the molecule is C=CC(C)c1c(C(O)C=C)ccc(OC)c1OC. The fourth-order valence-electron chi connectivity index (χ4n) is 1.94. The number of benzene rings is 1. The molecule has 1 aromatic rings. The highest BCUT2D eigenvalue weighted by Gasteiger charge is 2.21. The van der Waals surface area contributed by atoms with Gasteiger partial charge >= 0.3 is 0 Å². The summed E-state index contributed by atoms with van der Waals surface area (Å²) in [6.07, 6.45) is 2.55. The average Bonchev–Trinajstić information content (AvgIpc) is 2.43. The Kier molecular flexibility index (Phi) is 4.98. The summed E-state index contributed by atoms with van der Waals surface area (Å²) >= 11 is 0. The Bertz CT molecular complexity index is 438. The van der Waals surface area contributed by atoms with E-state index in [4.69, 9.17) is 9.47 Å². The molecule has 2 atom stereocenters. The second kappa shape index (κ2) is 6.26. The van der Waals surface area contributed by atoms with Crippen LogP contribution in [0.5, 0.6) is 11.5 Å². The number of hydrogen-bond donors (Lipinski definition) is 1. The molecule has 18 heavy (non-hydrogen) atoms. The molecule has 0 aliphatic carbocycles. The smallest absolute Gasteiger partial charge is 0.164 e. The van der Waals surface area contributed by atoms with Crippen LogP contribution in [0.2, 0.25) is 0 Å². The van der Waals surface area contributed by atoms with E-state index in [1.165, 1.54) is 6.08 Å². The van der Waals surface area contributed by atoms with Crippen LogP contribution in [0.1, 0.15) is 30.1 Å². The van der Waals surface area contributed by atoms with Crippen LogP contribution in [-0.2, 0) is 0 Å². The maximum absolute atomic E-state index is 9.99. The van der Waals surface area contributed by atoms with Crippen molar-refractivity contribution < 1.29 is 14.6 Å². The van der Waals surface area contributed by atoms with E-state index in [2.05, 4.69) is 13.2 Å². The summed E-state index contributed by atoms with van der Waals surface area (Å²) in [4.78, 5) is 0. The van der Waals surface area contributed by atoms with Crippen molar-refractivity contribution in [1.29, 1.82) is 0 Å². The summed E-state index contributed by atoms with van der Waals surface area (Å²) < 4.78 is 10.7. The monoisotopic (exact) mass is 248 g/mol. The molecule has 98 valence electrons. The number of allylic oxidation sites excluding steroid dienone is 1. The topological polar surface area (TPSA) is 38.7 Å². The van der Waals surface area contributed by atoms with E-state index in [1.807, 2.05) is 13.0 Å². The Morgan fingerprint density at radius 2 is 1.83 bits per heavy atom. The Morgan fingerprint density at radius 1 is 1.17 bits per heavy atom. The molecule has 2 unspecified atom stereocenters. The largest absolute Gasteiger partial charge is 0.493 e. The molecule has 0 amide bonds. The molecule has 0 saturated carbocycles. The highest BCUT2D eigenvalue weighted by molar-refractivity contribution is 5.54. The number of aliphatic hydroxyl groups is 1. The molecule has 1 N–H and O–H groups in total. The fourth-order valence-corrected chi connectivity index (χ4v) is 1.94. The first-order chi connectivity index (χ1) is 8.60. The predicted octanol–water partition coefficient (Wildman–Crippen LogP) is 3.21. The standard InChI is InChI=1S/C15H20O3/c1-6-10(3)14-11(12(16)7-2)8-9-13(17-4)15(14)18-5/h6-10,12,16H,1-2H2,3-5H3. The summed E-state index contributed by atoms with van der Waals surface area (Å²) in [5.41, 5.74) is 1.63. The van der Waals surface area contributed by atoms with Crippen LogP contribution in [0.3, 0.4) is 0 Å². The second-order valence-corrected chi connectivity index (χ2v) is 4.01. The van der Waals surface area contributed by atoms with Gasteiger partial charge in [0.15, 0.2) is 11.5 Å². The van der Waals surface area contributed by atoms with Gasteiger partial charge in [0, 0.05) is 11.5 Å². The van der Waals surface area contributed by atoms with Gasteiger partial charge in [-0.1, -0.05) is 25.1 Å². The first kappa shape index (κ1) is 14.3. The van der Waals surface area contributed by atoms with E-state index < -0.39 is 6.10 Å². The minimum absolute atomic E-state index is 0.0413. The van der Waals surface area contributed by atoms with Gasteiger partial charge in [-0.25, -0.2) is 0 Å². The van der Waals surface area contributed by atoms with Gasteiger partial charge in [-0.15, -0.1) is 13.2 Å². The van der Waals surface area contributed by atoms with E-state index >= 15 is 0 Å². The lowest BCUT2D eigenvalue weighted by atomic mass is 9.91. The molecule has 0 saturated heterocycles. The minimum Gasteiger partial charge on any atom is -0.493 e. The Morgan fingerprint density at radius 3 is 2.28 bits per heavy atom. The molecule has 0 aliphatic heterocycles. The van der Waals surface area contributed by atoms with Crippen molar-refractivity contribution in [1.82, 2.24) is 0 Å². The summed E-state index contributed by atoms with van der Waals surface area (Å²) in [6, 6.07) is 3.60. The van der Waals surface area contributed by atoms with Gasteiger partial charge in [0.25, 0.3) is 0 Å². The zero-order chi connectivity index (χ0) is 13.7. The summed E-state index contributed by atoms with van der Waals surface area (Å²) in [5.74, 6) is 1.31. The number of ether oxygens (including phenoxy) is 2. The van der Waals surface area contributed by atoms with Gasteiger partial charge in [0.1, 0.15) is 0 Å². The van der Waals surface area contributed by atoms with Crippen LogP contribution < -0.4 is 9.47 Å². The number of methoxy groups -OCH3 is 2. The molecule has 3 nitrogen and oxygen atoms in total. The number of aliphatic hydroxyl groups excluding tert-OH is 1. The van der Waals surface area contributed by atoms with E-state index in [0.29, 0.717) is 11.5 Å². The zero-order valence-corrected chi connectivity index (χ0v) is 11.1. The molecule has 0 heterocycles. The first-order valence-electron chi connectivity index (χ1n) is 5.78. The van der Waals surface area contributed by atoms with Crippen molar-refractivity contribution >= 4 is 0 Å². The molecule has 3 heteroatoms. The molecule has 0 spiro atoms. The Labute approximate surface area is 108 Å². The van der Waals surface area contributed by atoms with Crippen LogP contribution >= 0.6 is 0 Å². The summed E-state index contributed by atoms with van der Waals surface area (Å²) in [7, 11) is 3.17. The van der Waals surface area contributed by atoms with E-state index in [9.17, 15) is 5.11 Å². The van der Waals surface area contributed by atoms with Crippen LogP contribution in [0, 0.1) is 0 Å². The van der Waals surface area contributed by atoms with E-state index in [-0.39, 0.29) is 5.92 Å². The molecule has 0 aliphatic rings. The van der Waals surface area contributed by atoms with Crippen molar-refractivity contribution in [3.63, 3.8) is 0 Å². The lowest BCUT2D eigenvalue weighted by Gasteiger charge is -2.21. The molecular formula is C15H20O3. The van der Waals surface area contributed by atoms with Crippen LogP contribution in [0.4, 0.5) is 0 Å². The third-order valence-electron chi connectivity index (χ3n) is 2.97. The quantitative estimate of drug-likeness (QED) is 0.786. The molecule has 0 bridgehead atoms.